The van der Waals surface area contributed by atoms with E-state index in [1.54, 1.807) is 18.7 Å². The normalized spacial score (nSPS) is 10.1. The Labute approximate surface area is 98.9 Å². The van der Waals surface area contributed by atoms with Crippen LogP contribution in [0.1, 0.15) is 17.7 Å². The van der Waals surface area contributed by atoms with Crippen LogP contribution >= 0.6 is 0 Å². The van der Waals surface area contributed by atoms with E-state index in [0.717, 1.165) is 11.3 Å². The minimum absolute atomic E-state index is 0.00446. The van der Waals surface area contributed by atoms with Gasteiger partial charge in [0.05, 0.1) is 5.69 Å². The number of amides is 1. The van der Waals surface area contributed by atoms with E-state index in [9.17, 15) is 4.79 Å². The van der Waals surface area contributed by atoms with Gasteiger partial charge in [0, 0.05) is 31.8 Å². The van der Waals surface area contributed by atoms with Crippen molar-refractivity contribution in [3.63, 3.8) is 0 Å². The van der Waals surface area contributed by atoms with E-state index in [1.807, 2.05) is 12.1 Å². The number of aromatic nitrogens is 2. The number of carbonyl (C=O) groups is 1. The van der Waals surface area contributed by atoms with Gasteiger partial charge < -0.3 is 9.73 Å². The Bertz CT molecular complexity index is 454. The fourth-order valence-electron chi connectivity index (χ4n) is 1.39. The topological polar surface area (TPSA) is 68.0 Å². The van der Waals surface area contributed by atoms with Crippen LogP contribution in [0.5, 0.6) is 0 Å². The molecule has 88 valence electrons. The van der Waals surface area contributed by atoms with Crippen LogP contribution in [0.2, 0.25) is 0 Å². The van der Waals surface area contributed by atoms with Gasteiger partial charge in [-0.1, -0.05) is 0 Å². The van der Waals surface area contributed by atoms with Gasteiger partial charge in [-0.25, -0.2) is 4.98 Å². The molecular formula is C12H13N3O2. The summed E-state index contributed by atoms with van der Waals surface area (Å²) in [6.45, 7) is 0.528. The van der Waals surface area contributed by atoms with E-state index < -0.39 is 0 Å². The predicted molar refractivity (Wildman–Crippen MR) is 60.9 cm³/mol. The zero-order valence-electron chi connectivity index (χ0n) is 9.30. The summed E-state index contributed by atoms with van der Waals surface area (Å²) in [6.07, 6.45) is 7.34. The van der Waals surface area contributed by atoms with E-state index in [1.165, 1.54) is 6.39 Å². The fraction of sp³-hybridized carbons (Fsp3) is 0.250. The van der Waals surface area contributed by atoms with Gasteiger partial charge in [0.25, 0.3) is 0 Å². The fourth-order valence-corrected chi connectivity index (χ4v) is 1.39. The quantitative estimate of drug-likeness (QED) is 0.842. The van der Waals surface area contributed by atoms with E-state index in [2.05, 4.69) is 15.3 Å². The highest BCUT2D eigenvalue weighted by molar-refractivity contribution is 5.76. The Balaban J connectivity index is 1.71. The average Bonchev–Trinajstić information content (AvgIpc) is 2.88. The minimum atomic E-state index is 0.00446. The molecule has 0 saturated carbocycles. The van der Waals surface area contributed by atoms with Gasteiger partial charge in [0.15, 0.2) is 6.39 Å². The number of nitrogens with zero attached hydrogens (tertiary/aromatic N) is 2. The summed E-state index contributed by atoms with van der Waals surface area (Å²) in [4.78, 5) is 19.4. The van der Waals surface area contributed by atoms with Gasteiger partial charge in [0.1, 0.15) is 6.26 Å². The Hall–Kier alpha value is -2.17. The third-order valence-corrected chi connectivity index (χ3v) is 2.33. The van der Waals surface area contributed by atoms with Gasteiger partial charge in [-0.15, -0.1) is 0 Å². The van der Waals surface area contributed by atoms with Gasteiger partial charge in [-0.05, 0) is 17.7 Å². The molecule has 0 aliphatic rings. The molecule has 0 unspecified atom stereocenters. The zero-order valence-corrected chi connectivity index (χ0v) is 9.30. The van der Waals surface area contributed by atoms with Crippen molar-refractivity contribution < 1.29 is 9.21 Å². The van der Waals surface area contributed by atoms with Crippen molar-refractivity contribution in [1.82, 2.24) is 15.3 Å². The largest absolute Gasteiger partial charge is 0.451 e. The van der Waals surface area contributed by atoms with E-state index >= 15 is 0 Å². The predicted octanol–water partition coefficient (Wildman–Crippen LogP) is 1.32. The number of pyridine rings is 1. The summed E-state index contributed by atoms with van der Waals surface area (Å²) in [7, 11) is 0. The van der Waals surface area contributed by atoms with Crippen LogP contribution in [-0.2, 0) is 17.8 Å². The highest BCUT2D eigenvalue weighted by Gasteiger charge is 2.03. The molecule has 0 radical (unpaired) electrons. The summed E-state index contributed by atoms with van der Waals surface area (Å²) in [5, 5.41) is 2.84. The average molecular weight is 231 g/mol. The van der Waals surface area contributed by atoms with Crippen molar-refractivity contribution in [1.29, 1.82) is 0 Å². The SMILES string of the molecule is O=C(CCc1cocn1)NCc1ccncc1. The number of hydrogen-bond acceptors (Lipinski definition) is 4. The highest BCUT2D eigenvalue weighted by Crippen LogP contribution is 2.00. The molecule has 1 amide bonds. The van der Waals surface area contributed by atoms with Crippen LogP contribution in [0.15, 0.2) is 41.6 Å². The molecule has 2 rings (SSSR count). The maximum Gasteiger partial charge on any atom is 0.220 e. The van der Waals surface area contributed by atoms with Crippen LogP contribution in [-0.4, -0.2) is 15.9 Å². The summed E-state index contributed by atoms with van der Waals surface area (Å²) >= 11 is 0. The number of carbonyl (C=O) groups excluding carboxylic acids is 1. The van der Waals surface area contributed by atoms with Crippen molar-refractivity contribution in [3.05, 3.63) is 48.4 Å². The maximum atomic E-state index is 11.5. The van der Waals surface area contributed by atoms with Crippen molar-refractivity contribution in [2.24, 2.45) is 0 Å². The first-order chi connectivity index (χ1) is 8.34. The molecule has 2 heterocycles. The summed E-state index contributed by atoms with van der Waals surface area (Å²) in [5.41, 5.74) is 1.83. The first kappa shape index (κ1) is 11.3. The second-order valence-corrected chi connectivity index (χ2v) is 3.61. The zero-order chi connectivity index (χ0) is 11.9. The molecule has 5 heteroatoms. The molecule has 0 aliphatic carbocycles. The highest BCUT2D eigenvalue weighted by atomic mass is 16.3. The van der Waals surface area contributed by atoms with Gasteiger partial charge in [-0.3, -0.25) is 9.78 Å². The van der Waals surface area contributed by atoms with Crippen molar-refractivity contribution >= 4 is 5.91 Å². The smallest absolute Gasteiger partial charge is 0.220 e. The maximum absolute atomic E-state index is 11.5. The summed E-state index contributed by atoms with van der Waals surface area (Å²) in [6, 6.07) is 3.75. The lowest BCUT2D eigenvalue weighted by molar-refractivity contribution is -0.121. The Morgan fingerprint density at radius 3 is 2.88 bits per heavy atom. The van der Waals surface area contributed by atoms with E-state index in [0.29, 0.717) is 19.4 Å². The molecule has 0 saturated heterocycles. The lowest BCUT2D eigenvalue weighted by atomic mass is 10.2. The monoisotopic (exact) mass is 231 g/mol. The Morgan fingerprint density at radius 1 is 1.35 bits per heavy atom. The first-order valence-corrected chi connectivity index (χ1v) is 5.37. The van der Waals surface area contributed by atoms with Crippen LogP contribution < -0.4 is 5.32 Å². The lowest BCUT2D eigenvalue weighted by Gasteiger charge is -2.03. The first-order valence-electron chi connectivity index (χ1n) is 5.37. The molecule has 0 aromatic carbocycles. The summed E-state index contributed by atoms with van der Waals surface area (Å²) in [5.74, 6) is 0.00446. The molecule has 2 aromatic rings. The molecular weight excluding hydrogens is 218 g/mol. The third kappa shape index (κ3) is 3.71. The molecule has 17 heavy (non-hydrogen) atoms. The number of rotatable bonds is 5. The molecule has 0 fully saturated rings. The Kier molecular flexibility index (Phi) is 3.85. The molecule has 2 aromatic heterocycles. The van der Waals surface area contributed by atoms with Gasteiger partial charge in [0.2, 0.25) is 5.91 Å². The van der Waals surface area contributed by atoms with Crippen molar-refractivity contribution in [3.8, 4) is 0 Å². The number of oxazole rings is 1. The van der Waals surface area contributed by atoms with Crippen LogP contribution in [0, 0.1) is 0 Å². The molecule has 0 spiro atoms. The molecule has 0 aliphatic heterocycles. The molecule has 5 nitrogen and oxygen atoms in total. The van der Waals surface area contributed by atoms with Crippen LogP contribution in [0.25, 0.3) is 0 Å². The van der Waals surface area contributed by atoms with Crippen LogP contribution in [0.4, 0.5) is 0 Å². The number of aryl methyl sites for hydroxylation is 1. The van der Waals surface area contributed by atoms with Crippen LogP contribution in [0.3, 0.4) is 0 Å². The van der Waals surface area contributed by atoms with Crippen molar-refractivity contribution in [2.75, 3.05) is 0 Å². The van der Waals surface area contributed by atoms with E-state index in [4.69, 9.17) is 4.42 Å². The van der Waals surface area contributed by atoms with Gasteiger partial charge in [-0.2, -0.15) is 0 Å². The second kappa shape index (κ2) is 5.79. The standard InChI is InChI=1S/C12H13N3O2/c16-12(2-1-11-8-17-9-15-11)14-7-10-3-5-13-6-4-10/h3-6,8-9H,1-2,7H2,(H,14,16). The second-order valence-electron chi connectivity index (χ2n) is 3.61. The van der Waals surface area contributed by atoms with Gasteiger partial charge >= 0.3 is 0 Å². The Morgan fingerprint density at radius 2 is 2.18 bits per heavy atom. The van der Waals surface area contributed by atoms with E-state index in [-0.39, 0.29) is 5.91 Å². The number of hydrogen-bond donors (Lipinski definition) is 1. The molecule has 1 N–H and O–H groups in total. The van der Waals surface area contributed by atoms with Crippen molar-refractivity contribution in [2.45, 2.75) is 19.4 Å². The molecule has 0 bridgehead atoms. The number of nitrogens with one attached hydrogen (secondary N) is 1. The summed E-state index contributed by atoms with van der Waals surface area (Å²) < 4.78 is 4.83. The minimum Gasteiger partial charge on any atom is -0.451 e. The molecule has 0 atom stereocenters. The lowest BCUT2D eigenvalue weighted by Crippen LogP contribution is -2.23. The third-order valence-electron chi connectivity index (χ3n) is 2.33.